The minimum atomic E-state index is -0.502. The molecular formula is C24H23F2N7O. The highest BCUT2D eigenvalue weighted by atomic mass is 19.1. The Bertz CT molecular complexity index is 1340. The van der Waals surface area contributed by atoms with Crippen LogP contribution >= 0.6 is 0 Å². The Morgan fingerprint density at radius 3 is 2.53 bits per heavy atom. The summed E-state index contributed by atoms with van der Waals surface area (Å²) in [5.74, 6) is -0.518. The number of fused-ring (bicyclic) bond motifs is 1. The third-order valence-corrected chi connectivity index (χ3v) is 6.33. The van der Waals surface area contributed by atoms with Gasteiger partial charge < -0.3 is 9.80 Å². The first-order valence-electron chi connectivity index (χ1n) is 11.0. The Labute approximate surface area is 194 Å². The number of hydrogen-bond donors (Lipinski definition) is 0. The third kappa shape index (κ3) is 4.07. The second-order valence-corrected chi connectivity index (χ2v) is 8.52. The van der Waals surface area contributed by atoms with Gasteiger partial charge in [0, 0.05) is 37.3 Å². The smallest absolute Gasteiger partial charge is 0.256 e. The predicted molar refractivity (Wildman–Crippen MR) is 123 cm³/mol. The zero-order chi connectivity index (χ0) is 23.8. The third-order valence-electron chi connectivity index (χ3n) is 6.33. The molecule has 8 nitrogen and oxygen atoms in total. The van der Waals surface area contributed by atoms with Crippen LogP contribution < -0.4 is 4.90 Å². The largest absolute Gasteiger partial charge is 0.339 e. The van der Waals surface area contributed by atoms with Gasteiger partial charge in [-0.15, -0.1) is 0 Å². The molecule has 10 heteroatoms. The highest BCUT2D eigenvalue weighted by Crippen LogP contribution is 2.25. The van der Waals surface area contributed by atoms with Gasteiger partial charge in [-0.3, -0.25) is 4.79 Å². The van der Waals surface area contributed by atoms with E-state index in [1.54, 1.807) is 17.2 Å². The van der Waals surface area contributed by atoms with E-state index in [4.69, 9.17) is 0 Å². The summed E-state index contributed by atoms with van der Waals surface area (Å²) in [6.07, 6.45) is 4.62. The van der Waals surface area contributed by atoms with Gasteiger partial charge in [0.25, 0.3) is 5.91 Å². The summed E-state index contributed by atoms with van der Waals surface area (Å²) in [7, 11) is 0. The number of aromatic nitrogens is 5. The van der Waals surface area contributed by atoms with E-state index in [0.29, 0.717) is 42.2 Å². The number of benzene rings is 2. The van der Waals surface area contributed by atoms with E-state index >= 15 is 0 Å². The summed E-state index contributed by atoms with van der Waals surface area (Å²) in [5, 5.41) is 8.83. The number of carbonyl (C=O) groups is 1. The van der Waals surface area contributed by atoms with Gasteiger partial charge in [0.2, 0.25) is 5.95 Å². The van der Waals surface area contributed by atoms with Crippen LogP contribution in [0.2, 0.25) is 0 Å². The van der Waals surface area contributed by atoms with Gasteiger partial charge in [-0.05, 0) is 49.2 Å². The van der Waals surface area contributed by atoms with Gasteiger partial charge in [0.1, 0.15) is 11.6 Å². The van der Waals surface area contributed by atoms with E-state index < -0.39 is 5.82 Å². The van der Waals surface area contributed by atoms with E-state index in [0.717, 1.165) is 0 Å². The van der Waals surface area contributed by atoms with E-state index in [9.17, 15) is 13.6 Å². The molecular weight excluding hydrogens is 440 g/mol. The van der Waals surface area contributed by atoms with Crippen LogP contribution in [-0.4, -0.2) is 61.4 Å². The molecule has 174 valence electrons. The maximum atomic E-state index is 14.1. The molecule has 1 fully saturated rings. The molecule has 1 saturated heterocycles. The highest BCUT2D eigenvalue weighted by Gasteiger charge is 2.32. The Balaban J connectivity index is 1.44. The number of carbonyl (C=O) groups excluding carboxylic acids is 1. The molecule has 1 aliphatic heterocycles. The van der Waals surface area contributed by atoms with Gasteiger partial charge in [0.15, 0.2) is 0 Å². The van der Waals surface area contributed by atoms with Crippen LogP contribution in [0.1, 0.15) is 24.2 Å². The number of amides is 1. The summed E-state index contributed by atoms with van der Waals surface area (Å²) in [5.41, 5.74) is 1.27. The van der Waals surface area contributed by atoms with E-state index in [-0.39, 0.29) is 29.2 Å². The topological polar surface area (TPSA) is 80.0 Å². The SMILES string of the molecule is CC1CN(c2ncc3cc(F)ccc3n2)CCN(C(=O)c2cc(F)ccc2-n2nccn2)C1C. The number of nitrogens with zero attached hydrogens (tertiary/aromatic N) is 7. The molecule has 0 radical (unpaired) electrons. The van der Waals surface area contributed by atoms with Crippen molar-refractivity contribution in [2.45, 2.75) is 19.9 Å². The lowest BCUT2D eigenvalue weighted by atomic mass is 10.0. The summed E-state index contributed by atoms with van der Waals surface area (Å²) in [6, 6.07) is 8.31. The first-order chi connectivity index (χ1) is 16.4. The average molecular weight is 463 g/mol. The van der Waals surface area contributed by atoms with Crippen LogP contribution in [0.3, 0.4) is 0 Å². The molecule has 0 spiro atoms. The molecule has 34 heavy (non-hydrogen) atoms. The first-order valence-corrected chi connectivity index (χ1v) is 11.0. The molecule has 1 aliphatic rings. The molecule has 0 bridgehead atoms. The van der Waals surface area contributed by atoms with Gasteiger partial charge in [-0.25, -0.2) is 18.7 Å². The molecule has 0 saturated carbocycles. The van der Waals surface area contributed by atoms with Crippen LogP contribution in [-0.2, 0) is 0 Å². The maximum Gasteiger partial charge on any atom is 0.256 e. The Morgan fingerprint density at radius 1 is 1.00 bits per heavy atom. The first kappa shape index (κ1) is 21.9. The van der Waals surface area contributed by atoms with Crippen molar-refractivity contribution in [3.63, 3.8) is 0 Å². The molecule has 1 amide bonds. The van der Waals surface area contributed by atoms with Crippen molar-refractivity contribution in [3.8, 4) is 5.69 Å². The maximum absolute atomic E-state index is 14.1. The Hall–Kier alpha value is -3.95. The van der Waals surface area contributed by atoms with Gasteiger partial charge in [-0.1, -0.05) is 6.92 Å². The van der Waals surface area contributed by atoms with Crippen LogP contribution in [0, 0.1) is 17.6 Å². The van der Waals surface area contributed by atoms with Crippen molar-refractivity contribution in [1.82, 2.24) is 29.9 Å². The Kier molecular flexibility index (Phi) is 5.64. The molecule has 0 aliphatic carbocycles. The molecule has 4 aromatic rings. The van der Waals surface area contributed by atoms with Crippen LogP contribution in [0.4, 0.5) is 14.7 Å². The normalized spacial score (nSPS) is 18.8. The summed E-state index contributed by atoms with van der Waals surface area (Å²) in [6.45, 7) is 5.58. The van der Waals surface area contributed by atoms with E-state index in [1.807, 2.05) is 11.8 Å². The zero-order valence-electron chi connectivity index (χ0n) is 18.8. The van der Waals surface area contributed by atoms with Crippen molar-refractivity contribution < 1.29 is 13.6 Å². The summed E-state index contributed by atoms with van der Waals surface area (Å²) in [4.78, 5) is 27.8. The molecule has 5 rings (SSSR count). The number of halogens is 2. The molecule has 0 N–H and O–H groups in total. The van der Waals surface area contributed by atoms with Gasteiger partial charge in [-0.2, -0.15) is 15.0 Å². The second kappa shape index (κ2) is 8.77. The quantitative estimate of drug-likeness (QED) is 0.463. The van der Waals surface area contributed by atoms with E-state index in [1.165, 1.54) is 47.5 Å². The van der Waals surface area contributed by atoms with Crippen LogP contribution in [0.25, 0.3) is 16.6 Å². The minimum Gasteiger partial charge on any atom is -0.339 e. The standard InChI is InChI=1S/C24H23F2N7O/c1-15-14-31(24-27-13-17-11-18(25)3-5-21(17)30-24)9-10-32(16(15)2)23(34)20-12-19(26)4-6-22(20)33-28-7-8-29-33/h3-8,11-13,15-16H,9-10,14H2,1-2H3. The predicted octanol–water partition coefficient (Wildman–Crippen LogP) is 3.48. The lowest BCUT2D eigenvalue weighted by molar-refractivity contribution is 0.0669. The van der Waals surface area contributed by atoms with Crippen molar-refractivity contribution in [3.05, 3.63) is 72.2 Å². The molecule has 2 atom stereocenters. The molecule has 2 aromatic carbocycles. The van der Waals surface area contributed by atoms with Gasteiger partial charge >= 0.3 is 0 Å². The Morgan fingerprint density at radius 2 is 1.74 bits per heavy atom. The molecule has 3 heterocycles. The van der Waals surface area contributed by atoms with Crippen LogP contribution in [0.5, 0.6) is 0 Å². The molecule has 2 aromatic heterocycles. The van der Waals surface area contributed by atoms with E-state index in [2.05, 4.69) is 27.1 Å². The van der Waals surface area contributed by atoms with Crippen molar-refractivity contribution in [2.24, 2.45) is 5.92 Å². The lowest BCUT2D eigenvalue weighted by Crippen LogP contribution is -2.42. The van der Waals surface area contributed by atoms with Crippen LogP contribution in [0.15, 0.2) is 55.0 Å². The summed E-state index contributed by atoms with van der Waals surface area (Å²) >= 11 is 0. The number of anilines is 1. The van der Waals surface area contributed by atoms with Crippen molar-refractivity contribution in [2.75, 3.05) is 24.5 Å². The fourth-order valence-corrected chi connectivity index (χ4v) is 4.29. The zero-order valence-corrected chi connectivity index (χ0v) is 18.8. The fraction of sp³-hybridized carbons (Fsp3) is 0.292. The lowest BCUT2D eigenvalue weighted by Gasteiger charge is -2.30. The number of rotatable bonds is 3. The minimum absolute atomic E-state index is 0.0822. The van der Waals surface area contributed by atoms with Gasteiger partial charge in [0.05, 0.1) is 29.2 Å². The average Bonchev–Trinajstić information content (AvgIpc) is 3.32. The number of hydrogen-bond acceptors (Lipinski definition) is 6. The van der Waals surface area contributed by atoms with Crippen molar-refractivity contribution in [1.29, 1.82) is 0 Å². The fourth-order valence-electron chi connectivity index (χ4n) is 4.29. The monoisotopic (exact) mass is 463 g/mol. The van der Waals surface area contributed by atoms with Crippen molar-refractivity contribution >= 4 is 22.8 Å². The highest BCUT2D eigenvalue weighted by molar-refractivity contribution is 5.98. The second-order valence-electron chi connectivity index (χ2n) is 8.52. The molecule has 2 unspecified atom stereocenters. The summed E-state index contributed by atoms with van der Waals surface area (Å²) < 4.78 is 27.6.